The van der Waals surface area contributed by atoms with Crippen LogP contribution in [-0.2, 0) is 10.0 Å². The van der Waals surface area contributed by atoms with Gasteiger partial charge in [0, 0.05) is 10.5 Å². The van der Waals surface area contributed by atoms with Crippen molar-refractivity contribution in [2.75, 3.05) is 6.54 Å². The maximum atomic E-state index is 12.6. The molecule has 1 aromatic rings. The molecule has 0 aliphatic heterocycles. The van der Waals surface area contributed by atoms with Crippen molar-refractivity contribution in [1.82, 2.24) is 4.72 Å². The van der Waals surface area contributed by atoms with Gasteiger partial charge in [0.25, 0.3) is 0 Å². The number of nitrogens with two attached hydrogens (primary N) is 1. The Labute approximate surface area is 143 Å². The first-order valence-corrected chi connectivity index (χ1v) is 9.75. The van der Waals surface area contributed by atoms with E-state index in [0.717, 1.165) is 25.7 Å². The van der Waals surface area contributed by atoms with Gasteiger partial charge in [0.2, 0.25) is 10.0 Å². The molecular formula is C13H17BrCl2N2O2S. The minimum Gasteiger partial charge on any atom is -0.330 e. The van der Waals surface area contributed by atoms with Gasteiger partial charge in [0.05, 0.1) is 10.0 Å². The first-order valence-electron chi connectivity index (χ1n) is 6.72. The third kappa shape index (κ3) is 4.12. The van der Waals surface area contributed by atoms with Crippen LogP contribution in [0.1, 0.15) is 25.7 Å². The number of hydrogen-bond donors (Lipinski definition) is 2. The minimum atomic E-state index is -3.77. The van der Waals surface area contributed by atoms with Gasteiger partial charge in [-0.3, -0.25) is 0 Å². The highest BCUT2D eigenvalue weighted by molar-refractivity contribution is 9.10. The largest absolute Gasteiger partial charge is 0.330 e. The van der Waals surface area contributed by atoms with Gasteiger partial charge in [-0.05, 0) is 37.4 Å². The summed E-state index contributed by atoms with van der Waals surface area (Å²) in [5.74, 6) is 0.154. The molecule has 8 heteroatoms. The second-order valence-corrected chi connectivity index (χ2v) is 8.59. The van der Waals surface area contributed by atoms with Gasteiger partial charge in [0.15, 0.2) is 0 Å². The van der Waals surface area contributed by atoms with E-state index in [9.17, 15) is 8.42 Å². The predicted molar refractivity (Wildman–Crippen MR) is 89.3 cm³/mol. The molecule has 0 bridgehead atoms. The lowest BCUT2D eigenvalue weighted by Crippen LogP contribution is -2.44. The predicted octanol–water partition coefficient (Wildman–Crippen LogP) is 3.55. The van der Waals surface area contributed by atoms with Crippen LogP contribution < -0.4 is 10.5 Å². The lowest BCUT2D eigenvalue weighted by atomic mass is 9.85. The maximum Gasteiger partial charge on any atom is 0.243 e. The van der Waals surface area contributed by atoms with Crippen LogP contribution in [0, 0.1) is 5.92 Å². The van der Waals surface area contributed by atoms with Crippen LogP contribution in [0.2, 0.25) is 10.0 Å². The average Bonchev–Trinajstić information content (AvgIpc) is 2.37. The van der Waals surface area contributed by atoms with Gasteiger partial charge in [-0.1, -0.05) is 52.0 Å². The summed E-state index contributed by atoms with van der Waals surface area (Å²) < 4.78 is 28.5. The summed E-state index contributed by atoms with van der Waals surface area (Å²) in [7, 11) is -3.77. The molecule has 0 radical (unpaired) electrons. The zero-order valence-electron chi connectivity index (χ0n) is 11.3. The zero-order valence-corrected chi connectivity index (χ0v) is 15.2. The zero-order chi connectivity index (χ0) is 15.6. The minimum absolute atomic E-state index is 0.0737. The van der Waals surface area contributed by atoms with Gasteiger partial charge < -0.3 is 5.73 Å². The normalized spacial score (nSPS) is 23.2. The summed E-state index contributed by atoms with van der Waals surface area (Å²) in [6.07, 6.45) is 3.80. The van der Waals surface area contributed by atoms with Gasteiger partial charge in [-0.15, -0.1) is 0 Å². The molecule has 21 heavy (non-hydrogen) atoms. The maximum absolute atomic E-state index is 12.6. The molecular weight excluding hydrogens is 399 g/mol. The summed E-state index contributed by atoms with van der Waals surface area (Å²) in [6.45, 7) is 0.467. The number of nitrogens with one attached hydrogen (secondary N) is 1. The Morgan fingerprint density at radius 1 is 1.24 bits per heavy atom. The molecule has 2 atom stereocenters. The molecule has 3 N–H and O–H groups in total. The Morgan fingerprint density at radius 2 is 1.81 bits per heavy atom. The molecule has 1 aliphatic carbocycles. The van der Waals surface area contributed by atoms with E-state index < -0.39 is 10.0 Å². The lowest BCUT2D eigenvalue weighted by molar-refractivity contribution is 0.296. The van der Waals surface area contributed by atoms with Gasteiger partial charge in [0.1, 0.15) is 4.90 Å². The number of halogens is 3. The van der Waals surface area contributed by atoms with Crippen LogP contribution in [0.15, 0.2) is 21.5 Å². The molecule has 1 saturated carbocycles. The number of sulfonamides is 1. The Hall–Kier alpha value is 0.150. The van der Waals surface area contributed by atoms with E-state index in [2.05, 4.69) is 20.7 Å². The number of rotatable bonds is 4. The second-order valence-electron chi connectivity index (χ2n) is 5.21. The molecule has 0 heterocycles. The highest BCUT2D eigenvalue weighted by Crippen LogP contribution is 2.34. The summed E-state index contributed by atoms with van der Waals surface area (Å²) >= 11 is 15.3. The van der Waals surface area contributed by atoms with Gasteiger partial charge in [-0.25, -0.2) is 13.1 Å². The molecule has 1 fully saturated rings. The average molecular weight is 416 g/mol. The Bertz CT molecular complexity index is 602. The molecule has 1 aliphatic rings. The van der Waals surface area contributed by atoms with Crippen molar-refractivity contribution in [3.05, 3.63) is 26.7 Å². The quantitative estimate of drug-likeness (QED) is 0.789. The third-order valence-corrected chi connectivity index (χ3v) is 6.62. The van der Waals surface area contributed by atoms with Crippen molar-refractivity contribution < 1.29 is 8.42 Å². The van der Waals surface area contributed by atoms with Gasteiger partial charge >= 0.3 is 0 Å². The standard InChI is InChI=1S/C13H17BrCl2N2O2S/c14-9-5-10(15)13(11(16)6-9)21(19,20)18-12-4-2-1-3-8(12)7-17/h5-6,8,12,18H,1-4,7,17H2. The number of hydrogen-bond acceptors (Lipinski definition) is 3. The molecule has 2 unspecified atom stereocenters. The molecule has 0 spiro atoms. The van der Waals surface area contributed by atoms with Crippen molar-refractivity contribution in [2.45, 2.75) is 36.6 Å². The fraction of sp³-hybridized carbons (Fsp3) is 0.538. The highest BCUT2D eigenvalue weighted by Gasteiger charge is 2.31. The molecule has 0 amide bonds. The Balaban J connectivity index is 2.30. The third-order valence-electron chi connectivity index (χ3n) is 3.75. The summed E-state index contributed by atoms with van der Waals surface area (Å²) in [4.78, 5) is -0.0737. The van der Waals surface area contributed by atoms with Crippen molar-refractivity contribution in [3.8, 4) is 0 Å². The van der Waals surface area contributed by atoms with E-state index in [1.54, 1.807) is 0 Å². The van der Waals surface area contributed by atoms with E-state index in [1.165, 1.54) is 12.1 Å². The summed E-state index contributed by atoms with van der Waals surface area (Å²) in [6, 6.07) is 2.87. The fourth-order valence-corrected chi connectivity index (χ4v) is 5.96. The highest BCUT2D eigenvalue weighted by atomic mass is 79.9. The molecule has 1 aromatic carbocycles. The van der Waals surface area contributed by atoms with Crippen LogP contribution in [-0.4, -0.2) is 21.0 Å². The lowest BCUT2D eigenvalue weighted by Gasteiger charge is -2.31. The molecule has 0 saturated heterocycles. The molecule has 4 nitrogen and oxygen atoms in total. The monoisotopic (exact) mass is 414 g/mol. The molecule has 0 aromatic heterocycles. The van der Waals surface area contributed by atoms with E-state index in [4.69, 9.17) is 28.9 Å². The van der Waals surface area contributed by atoms with Crippen LogP contribution in [0.25, 0.3) is 0 Å². The topological polar surface area (TPSA) is 72.2 Å². The second kappa shape index (κ2) is 7.15. The molecule has 2 rings (SSSR count). The summed E-state index contributed by atoms with van der Waals surface area (Å²) in [5.41, 5.74) is 5.74. The van der Waals surface area contributed by atoms with Crippen LogP contribution in [0.3, 0.4) is 0 Å². The smallest absolute Gasteiger partial charge is 0.243 e. The van der Waals surface area contributed by atoms with E-state index >= 15 is 0 Å². The van der Waals surface area contributed by atoms with E-state index in [-0.39, 0.29) is 26.9 Å². The van der Waals surface area contributed by atoms with Crippen LogP contribution in [0.5, 0.6) is 0 Å². The van der Waals surface area contributed by atoms with Crippen LogP contribution in [0.4, 0.5) is 0 Å². The SMILES string of the molecule is NCC1CCCCC1NS(=O)(=O)c1c(Cl)cc(Br)cc1Cl. The Morgan fingerprint density at radius 3 is 2.38 bits per heavy atom. The molecule has 118 valence electrons. The summed E-state index contributed by atoms with van der Waals surface area (Å²) in [5, 5.41) is 0.198. The fourth-order valence-electron chi connectivity index (χ4n) is 2.69. The van der Waals surface area contributed by atoms with Crippen molar-refractivity contribution in [3.63, 3.8) is 0 Å². The van der Waals surface area contributed by atoms with Crippen molar-refractivity contribution in [1.29, 1.82) is 0 Å². The van der Waals surface area contributed by atoms with E-state index in [0.29, 0.717) is 11.0 Å². The first kappa shape index (κ1) is 17.5. The van der Waals surface area contributed by atoms with Crippen LogP contribution >= 0.6 is 39.1 Å². The van der Waals surface area contributed by atoms with Gasteiger partial charge in [-0.2, -0.15) is 0 Å². The van der Waals surface area contributed by atoms with Crippen molar-refractivity contribution >= 4 is 49.2 Å². The Kier molecular flexibility index (Phi) is 5.96. The first-order chi connectivity index (χ1) is 9.85. The van der Waals surface area contributed by atoms with E-state index in [1.807, 2.05) is 0 Å². The van der Waals surface area contributed by atoms with Crippen molar-refractivity contribution in [2.24, 2.45) is 11.7 Å². The number of benzene rings is 1.